The molecule has 0 saturated carbocycles. The second-order valence-electron chi connectivity index (χ2n) is 1.91. The van der Waals surface area contributed by atoms with E-state index in [1.165, 1.54) is 6.42 Å². The van der Waals surface area contributed by atoms with E-state index in [1.54, 1.807) is 0 Å². The molecule has 0 fully saturated rings. The van der Waals surface area contributed by atoms with E-state index in [0.717, 1.165) is 12.8 Å². The van der Waals surface area contributed by atoms with Crippen molar-refractivity contribution in [1.82, 2.24) is 0 Å². The van der Waals surface area contributed by atoms with Crippen LogP contribution in [0.4, 0.5) is 0 Å². The smallest absolute Gasteiger partial charge is 0.0931 e. The van der Waals surface area contributed by atoms with Crippen molar-refractivity contribution < 1.29 is 5.11 Å². The van der Waals surface area contributed by atoms with Crippen LogP contribution < -0.4 is 0 Å². The first kappa shape index (κ1) is 8.52. The van der Waals surface area contributed by atoms with Gasteiger partial charge in [0.1, 0.15) is 0 Å². The van der Waals surface area contributed by atoms with Gasteiger partial charge in [0, 0.05) is 12.8 Å². The van der Waals surface area contributed by atoms with Gasteiger partial charge in [-0.05, 0) is 6.42 Å². The third-order valence-electron chi connectivity index (χ3n) is 1.01. The molecule has 0 aromatic carbocycles. The first-order valence-electron chi connectivity index (χ1n) is 3.45. The molecule has 0 rings (SSSR count). The predicted molar refractivity (Wildman–Crippen MR) is 37.5 cm³/mol. The summed E-state index contributed by atoms with van der Waals surface area (Å²) in [7, 11) is 0. The van der Waals surface area contributed by atoms with Crippen molar-refractivity contribution in [2.24, 2.45) is 0 Å². The minimum absolute atomic E-state index is 0.0564. The van der Waals surface area contributed by atoms with Crippen LogP contribution in [0.1, 0.15) is 32.6 Å². The molecule has 0 amide bonds. The van der Waals surface area contributed by atoms with E-state index in [4.69, 9.17) is 0 Å². The molecule has 9 heavy (non-hydrogen) atoms. The van der Waals surface area contributed by atoms with E-state index in [1.807, 2.05) is 0 Å². The van der Waals surface area contributed by atoms with Gasteiger partial charge >= 0.3 is 0 Å². The molecule has 51 valence electrons. The summed E-state index contributed by atoms with van der Waals surface area (Å²) >= 11 is 0. The second kappa shape index (κ2) is 7.52. The van der Waals surface area contributed by atoms with Crippen molar-refractivity contribution in [3.8, 4) is 11.8 Å². The average Bonchev–Trinajstić information content (AvgIpc) is 1.89. The highest BCUT2D eigenvalue weighted by molar-refractivity contribution is 4.98. The van der Waals surface area contributed by atoms with Gasteiger partial charge in [-0.25, -0.2) is 5.11 Å². The molecule has 1 heteroatoms. The summed E-state index contributed by atoms with van der Waals surface area (Å²) in [5, 5.41) is 9.86. The Morgan fingerprint density at radius 1 is 1.22 bits per heavy atom. The van der Waals surface area contributed by atoms with Gasteiger partial charge in [-0.2, -0.15) is 0 Å². The minimum Gasteiger partial charge on any atom is -0.236 e. The molecule has 0 aliphatic heterocycles. The maximum absolute atomic E-state index is 9.86. The molecular weight excluding hydrogens is 112 g/mol. The number of rotatable bonds is 3. The van der Waals surface area contributed by atoms with Gasteiger partial charge in [0.15, 0.2) is 0 Å². The lowest BCUT2D eigenvalue weighted by Crippen LogP contribution is -1.73. The maximum atomic E-state index is 9.86. The monoisotopic (exact) mass is 125 g/mol. The van der Waals surface area contributed by atoms with E-state index in [0.29, 0.717) is 6.42 Å². The Morgan fingerprint density at radius 2 is 1.89 bits per heavy atom. The zero-order chi connectivity index (χ0) is 6.95. The van der Waals surface area contributed by atoms with E-state index in [2.05, 4.69) is 18.8 Å². The van der Waals surface area contributed by atoms with Crippen LogP contribution in [0, 0.1) is 11.8 Å². The molecule has 0 atom stereocenters. The Balaban J connectivity index is 2.96. The fourth-order valence-corrected chi connectivity index (χ4v) is 0.493. The van der Waals surface area contributed by atoms with Crippen LogP contribution in [-0.2, 0) is 5.11 Å². The lowest BCUT2D eigenvalue weighted by Gasteiger charge is -1.82. The normalized spacial score (nSPS) is 8.22. The first-order chi connectivity index (χ1) is 4.41. The Labute approximate surface area is 57.1 Å². The average molecular weight is 125 g/mol. The Bertz CT molecular complexity index is 96.9. The molecule has 1 radical (unpaired) electrons. The van der Waals surface area contributed by atoms with Crippen LogP contribution in [0.5, 0.6) is 0 Å². The fourth-order valence-electron chi connectivity index (χ4n) is 0.493. The van der Waals surface area contributed by atoms with E-state index < -0.39 is 0 Å². The molecule has 0 aliphatic rings. The van der Waals surface area contributed by atoms with Crippen molar-refractivity contribution in [2.45, 2.75) is 32.6 Å². The standard InChI is InChI=1S/C8H13O/c1-2-3-4-5-6-7-8-9/h2-4,7-8H2,1H3. The Kier molecular flexibility index (Phi) is 7.12. The summed E-state index contributed by atoms with van der Waals surface area (Å²) < 4.78 is 0. The van der Waals surface area contributed by atoms with Gasteiger partial charge in [-0.3, -0.25) is 0 Å². The highest BCUT2D eigenvalue weighted by Gasteiger charge is 1.76. The third kappa shape index (κ3) is 7.52. The Hall–Kier alpha value is -0.480. The summed E-state index contributed by atoms with van der Waals surface area (Å²) in [5.74, 6) is 5.74. The molecule has 1 nitrogen and oxygen atoms in total. The molecular formula is C8H13O. The van der Waals surface area contributed by atoms with Crippen LogP contribution in [-0.4, -0.2) is 6.61 Å². The molecule has 0 unspecified atom stereocenters. The summed E-state index contributed by atoms with van der Waals surface area (Å²) in [6.45, 7) is 2.08. The molecule has 0 heterocycles. The largest absolute Gasteiger partial charge is 0.236 e. The molecule has 0 aliphatic carbocycles. The highest BCUT2D eigenvalue weighted by atomic mass is 16.2. The predicted octanol–water partition coefficient (Wildman–Crippen LogP) is 2.00. The molecule has 0 spiro atoms. The summed E-state index contributed by atoms with van der Waals surface area (Å²) in [5.41, 5.74) is 0. The lowest BCUT2D eigenvalue weighted by molar-refractivity contribution is 0.201. The summed E-state index contributed by atoms with van der Waals surface area (Å²) in [4.78, 5) is 0. The zero-order valence-electron chi connectivity index (χ0n) is 5.94. The van der Waals surface area contributed by atoms with Crippen molar-refractivity contribution in [2.75, 3.05) is 6.61 Å². The third-order valence-corrected chi connectivity index (χ3v) is 1.01. The van der Waals surface area contributed by atoms with Crippen molar-refractivity contribution in [3.05, 3.63) is 0 Å². The number of hydrogen-bond acceptors (Lipinski definition) is 0. The maximum Gasteiger partial charge on any atom is 0.0931 e. The molecule has 0 aromatic rings. The van der Waals surface area contributed by atoms with Crippen LogP contribution in [0.15, 0.2) is 0 Å². The highest BCUT2D eigenvalue weighted by Crippen LogP contribution is 1.90. The van der Waals surface area contributed by atoms with E-state index in [-0.39, 0.29) is 6.61 Å². The van der Waals surface area contributed by atoms with Gasteiger partial charge in [0.25, 0.3) is 0 Å². The van der Waals surface area contributed by atoms with E-state index in [9.17, 15) is 5.11 Å². The zero-order valence-corrected chi connectivity index (χ0v) is 5.94. The fraction of sp³-hybridized carbons (Fsp3) is 0.750. The Morgan fingerprint density at radius 3 is 2.44 bits per heavy atom. The minimum atomic E-state index is -0.0564. The number of hydrogen-bond donors (Lipinski definition) is 0. The van der Waals surface area contributed by atoms with Gasteiger partial charge in [0.2, 0.25) is 0 Å². The summed E-state index contributed by atoms with van der Waals surface area (Å²) in [6, 6.07) is 0. The van der Waals surface area contributed by atoms with Gasteiger partial charge in [0.05, 0.1) is 6.61 Å². The molecule has 0 aromatic heterocycles. The van der Waals surface area contributed by atoms with Crippen LogP contribution in [0.2, 0.25) is 0 Å². The van der Waals surface area contributed by atoms with Crippen LogP contribution in [0.25, 0.3) is 0 Å². The van der Waals surface area contributed by atoms with Crippen LogP contribution >= 0.6 is 0 Å². The number of unbranched alkanes of at least 4 members (excludes halogenated alkanes) is 2. The first-order valence-corrected chi connectivity index (χ1v) is 3.45. The topological polar surface area (TPSA) is 19.9 Å². The quantitative estimate of drug-likeness (QED) is 0.406. The van der Waals surface area contributed by atoms with Crippen LogP contribution in [0.3, 0.4) is 0 Å². The van der Waals surface area contributed by atoms with Gasteiger partial charge < -0.3 is 0 Å². The molecule has 0 N–H and O–H groups in total. The molecule has 0 saturated heterocycles. The van der Waals surface area contributed by atoms with Gasteiger partial charge in [-0.1, -0.05) is 13.3 Å². The van der Waals surface area contributed by atoms with E-state index >= 15 is 0 Å². The molecule has 0 bridgehead atoms. The van der Waals surface area contributed by atoms with Crippen molar-refractivity contribution >= 4 is 0 Å². The van der Waals surface area contributed by atoms with Crippen molar-refractivity contribution in [3.63, 3.8) is 0 Å². The second-order valence-corrected chi connectivity index (χ2v) is 1.91. The van der Waals surface area contributed by atoms with Crippen molar-refractivity contribution in [1.29, 1.82) is 0 Å². The summed E-state index contributed by atoms with van der Waals surface area (Å²) in [6.07, 6.45) is 3.82. The lowest BCUT2D eigenvalue weighted by atomic mass is 10.2. The SMILES string of the molecule is CCCCC#CCC[O]. The van der Waals surface area contributed by atoms with Gasteiger partial charge in [-0.15, -0.1) is 11.8 Å².